The summed E-state index contributed by atoms with van der Waals surface area (Å²) in [7, 11) is -3.84. The third kappa shape index (κ3) is 2.95. The van der Waals surface area contributed by atoms with Gasteiger partial charge in [-0.3, -0.25) is 5.10 Å². The lowest BCUT2D eigenvalue weighted by molar-refractivity contribution is 0.593. The molecule has 2 N–H and O–H groups in total. The van der Waals surface area contributed by atoms with E-state index in [4.69, 9.17) is 0 Å². The first-order chi connectivity index (χ1) is 14.4. The van der Waals surface area contributed by atoms with Crippen molar-refractivity contribution in [2.75, 3.05) is 0 Å². The third-order valence-corrected chi connectivity index (χ3v) is 6.91. The summed E-state index contributed by atoms with van der Waals surface area (Å²) in [6, 6.07) is 17.7. The summed E-state index contributed by atoms with van der Waals surface area (Å²) in [5.41, 5.74) is 3.40. The summed E-state index contributed by atoms with van der Waals surface area (Å²) in [5.74, 6) is -0.576. The molecule has 0 atom stereocenters. The van der Waals surface area contributed by atoms with E-state index in [1.54, 1.807) is 50.2 Å². The minimum atomic E-state index is -3.84. The number of hydrogen-bond donors (Lipinski definition) is 2. The van der Waals surface area contributed by atoms with Gasteiger partial charge in [-0.05, 0) is 43.7 Å². The van der Waals surface area contributed by atoms with Crippen molar-refractivity contribution in [2.45, 2.75) is 29.7 Å². The molecule has 7 nitrogen and oxygen atoms in total. The quantitative estimate of drug-likeness (QED) is 0.673. The first kappa shape index (κ1) is 19.4. The number of nitrogens with zero attached hydrogens (tertiary/aromatic N) is 3. The fourth-order valence-corrected chi connectivity index (χ4v) is 5.09. The van der Waals surface area contributed by atoms with Crippen LogP contribution in [0, 0.1) is 22.7 Å². The van der Waals surface area contributed by atoms with Gasteiger partial charge in [-0.2, -0.15) is 15.6 Å². The number of aromatic amines is 1. The highest BCUT2D eigenvalue weighted by atomic mass is 32.2. The molecule has 4 rings (SSSR count). The molecule has 2 aromatic carbocycles. The van der Waals surface area contributed by atoms with Crippen LogP contribution in [0.3, 0.4) is 0 Å². The van der Waals surface area contributed by atoms with Gasteiger partial charge >= 0.3 is 0 Å². The molecule has 0 bridgehead atoms. The number of aromatic nitrogens is 2. The van der Waals surface area contributed by atoms with Crippen LogP contribution in [0.15, 0.2) is 81.0 Å². The van der Waals surface area contributed by atoms with E-state index in [0.29, 0.717) is 39.0 Å². The molecule has 148 valence electrons. The molecule has 0 fully saturated rings. The van der Waals surface area contributed by atoms with Crippen molar-refractivity contribution < 1.29 is 8.42 Å². The molecule has 0 radical (unpaired) electrons. The normalized spacial score (nSPS) is 15.1. The predicted octanol–water partition coefficient (Wildman–Crippen LogP) is 3.68. The minimum Gasteiger partial charge on any atom is -0.361 e. The summed E-state index contributed by atoms with van der Waals surface area (Å²) in [6.45, 7) is 3.57. The monoisotopic (exact) mass is 415 g/mol. The Labute approximate surface area is 173 Å². The van der Waals surface area contributed by atoms with E-state index in [1.807, 2.05) is 0 Å². The van der Waals surface area contributed by atoms with E-state index in [1.165, 1.54) is 12.1 Å². The Bertz CT molecular complexity index is 1380. The molecule has 0 aliphatic carbocycles. The number of hydrogen-bond acceptors (Lipinski definition) is 6. The summed E-state index contributed by atoms with van der Waals surface area (Å²) < 4.78 is 26.3. The van der Waals surface area contributed by atoms with Gasteiger partial charge < -0.3 is 5.32 Å². The number of nitriles is 2. The molecule has 8 heteroatoms. The molecular weight excluding hydrogens is 398 g/mol. The molecule has 0 unspecified atom stereocenters. The van der Waals surface area contributed by atoms with Crippen LogP contribution in [0.4, 0.5) is 0 Å². The number of nitrogens with one attached hydrogen (secondary N) is 2. The average molecular weight is 415 g/mol. The van der Waals surface area contributed by atoms with Crippen LogP contribution in [0.2, 0.25) is 0 Å². The number of rotatable bonds is 3. The van der Waals surface area contributed by atoms with E-state index in [9.17, 15) is 18.9 Å². The van der Waals surface area contributed by atoms with Crippen LogP contribution >= 0.6 is 0 Å². The Morgan fingerprint density at radius 3 is 2.20 bits per heavy atom. The van der Waals surface area contributed by atoms with Gasteiger partial charge in [0.2, 0.25) is 9.84 Å². The lowest BCUT2D eigenvalue weighted by Crippen LogP contribution is -2.23. The van der Waals surface area contributed by atoms with Crippen LogP contribution in [-0.2, 0) is 9.84 Å². The molecule has 30 heavy (non-hydrogen) atoms. The van der Waals surface area contributed by atoms with Crippen molar-refractivity contribution in [3.05, 3.63) is 76.6 Å². The summed E-state index contributed by atoms with van der Waals surface area (Å²) in [5, 5.41) is 29.6. The van der Waals surface area contributed by atoms with Crippen LogP contribution in [0.25, 0.3) is 10.9 Å². The van der Waals surface area contributed by atoms with Crippen molar-refractivity contribution in [3.63, 3.8) is 0 Å². The SMILES string of the molecule is CC1=C(C#N)C(c2ccc3[nH]nc(S(=O)(=O)c4ccccc4)c3c2)C(C#N)=C(C)N1. The highest BCUT2D eigenvalue weighted by Gasteiger charge is 2.31. The topological polar surface area (TPSA) is 122 Å². The first-order valence-corrected chi connectivity index (χ1v) is 10.6. The Kier molecular flexibility index (Phi) is 4.65. The van der Waals surface area contributed by atoms with Gasteiger partial charge in [0.1, 0.15) is 0 Å². The maximum absolute atomic E-state index is 13.1. The summed E-state index contributed by atoms with van der Waals surface area (Å²) in [6.07, 6.45) is 0. The molecule has 1 aliphatic heterocycles. The second-order valence-corrected chi connectivity index (χ2v) is 8.87. The number of dihydropyridines is 1. The predicted molar refractivity (Wildman–Crippen MR) is 110 cm³/mol. The van der Waals surface area contributed by atoms with Crippen molar-refractivity contribution in [1.29, 1.82) is 10.5 Å². The van der Waals surface area contributed by atoms with Gasteiger partial charge in [-0.15, -0.1) is 0 Å². The van der Waals surface area contributed by atoms with Gasteiger partial charge in [0.05, 0.1) is 39.6 Å². The zero-order valence-corrected chi connectivity index (χ0v) is 17.1. The summed E-state index contributed by atoms with van der Waals surface area (Å²) in [4.78, 5) is 0.146. The second kappa shape index (κ2) is 7.18. The highest BCUT2D eigenvalue weighted by molar-refractivity contribution is 7.91. The van der Waals surface area contributed by atoms with E-state index in [-0.39, 0.29) is 9.92 Å². The largest absolute Gasteiger partial charge is 0.361 e. The number of fused-ring (bicyclic) bond motifs is 1. The maximum Gasteiger partial charge on any atom is 0.226 e. The van der Waals surface area contributed by atoms with E-state index < -0.39 is 15.8 Å². The molecule has 3 aromatic rings. The Morgan fingerprint density at radius 2 is 1.60 bits per heavy atom. The van der Waals surface area contributed by atoms with Gasteiger partial charge in [0, 0.05) is 16.8 Å². The van der Waals surface area contributed by atoms with Gasteiger partial charge in [0.15, 0.2) is 5.03 Å². The Balaban J connectivity index is 1.93. The van der Waals surface area contributed by atoms with Crippen molar-refractivity contribution in [3.8, 4) is 12.1 Å². The fourth-order valence-electron chi connectivity index (χ4n) is 3.73. The Hall–Kier alpha value is -3.88. The second-order valence-electron chi connectivity index (χ2n) is 7.01. The number of H-pyrrole nitrogens is 1. The van der Waals surface area contributed by atoms with Gasteiger partial charge in [-0.25, -0.2) is 8.42 Å². The molecule has 0 spiro atoms. The van der Waals surface area contributed by atoms with Crippen LogP contribution < -0.4 is 5.32 Å². The van der Waals surface area contributed by atoms with Crippen molar-refractivity contribution in [1.82, 2.24) is 15.5 Å². The Morgan fingerprint density at radius 1 is 0.967 bits per heavy atom. The van der Waals surface area contributed by atoms with E-state index in [0.717, 1.165) is 0 Å². The molecule has 0 amide bonds. The standard InChI is InChI=1S/C22H17N5O2S/c1-13-18(11-23)21(19(12-24)14(2)25-13)15-8-9-20-17(10-15)22(27-26-20)30(28,29)16-6-4-3-5-7-16/h3-10,21,25H,1-2H3,(H,26,27). The zero-order valence-electron chi connectivity index (χ0n) is 16.3. The lowest BCUT2D eigenvalue weighted by atomic mass is 9.81. The molecule has 0 saturated heterocycles. The maximum atomic E-state index is 13.1. The van der Waals surface area contributed by atoms with E-state index >= 15 is 0 Å². The lowest BCUT2D eigenvalue weighted by Gasteiger charge is -2.26. The third-order valence-electron chi connectivity index (χ3n) is 5.19. The van der Waals surface area contributed by atoms with Crippen molar-refractivity contribution >= 4 is 20.7 Å². The number of benzene rings is 2. The van der Waals surface area contributed by atoms with Gasteiger partial charge in [-0.1, -0.05) is 24.3 Å². The average Bonchev–Trinajstić information content (AvgIpc) is 3.18. The molecule has 1 aliphatic rings. The minimum absolute atomic E-state index is 0.0853. The zero-order chi connectivity index (χ0) is 21.5. The van der Waals surface area contributed by atoms with Crippen LogP contribution in [0.5, 0.6) is 0 Å². The molecule has 2 heterocycles. The van der Waals surface area contributed by atoms with Crippen LogP contribution in [0.1, 0.15) is 25.3 Å². The molecule has 0 saturated carbocycles. The highest BCUT2D eigenvalue weighted by Crippen LogP contribution is 2.39. The van der Waals surface area contributed by atoms with E-state index in [2.05, 4.69) is 27.7 Å². The number of sulfone groups is 1. The number of allylic oxidation sites excluding steroid dienone is 4. The first-order valence-electron chi connectivity index (χ1n) is 9.15. The summed E-state index contributed by atoms with van der Waals surface area (Å²) >= 11 is 0. The molecule has 1 aromatic heterocycles. The fraction of sp³-hybridized carbons (Fsp3) is 0.136. The van der Waals surface area contributed by atoms with Crippen LogP contribution in [-0.4, -0.2) is 18.6 Å². The smallest absolute Gasteiger partial charge is 0.226 e. The van der Waals surface area contributed by atoms with Crippen molar-refractivity contribution in [2.24, 2.45) is 0 Å². The molecular formula is C22H17N5O2S. The van der Waals surface area contributed by atoms with Gasteiger partial charge in [0.25, 0.3) is 0 Å².